The third kappa shape index (κ3) is 2.31. The lowest BCUT2D eigenvalue weighted by molar-refractivity contribution is 0.0948. The number of benzene rings is 1. The van der Waals surface area contributed by atoms with Crippen LogP contribution < -0.4 is 11.3 Å². The minimum atomic E-state index is -0.458. The number of aromatic nitrogens is 3. The number of aryl methyl sites for hydroxylation is 2. The van der Waals surface area contributed by atoms with Crippen molar-refractivity contribution in [3.63, 3.8) is 0 Å². The second kappa shape index (κ2) is 4.34. The molecular weight excluding hydrogens is 218 g/mol. The monoisotopic (exact) mass is 231 g/mol. The van der Waals surface area contributed by atoms with Gasteiger partial charge in [0.1, 0.15) is 0 Å². The Bertz CT molecular complexity index is 540. The van der Waals surface area contributed by atoms with Crippen molar-refractivity contribution >= 4 is 5.91 Å². The second-order valence-electron chi connectivity index (χ2n) is 3.87. The van der Waals surface area contributed by atoms with Crippen LogP contribution in [-0.2, 0) is 0 Å². The molecule has 0 radical (unpaired) electrons. The van der Waals surface area contributed by atoms with Crippen LogP contribution in [0.5, 0.6) is 0 Å². The maximum atomic E-state index is 11.2. The van der Waals surface area contributed by atoms with Crippen molar-refractivity contribution in [1.29, 1.82) is 0 Å². The van der Waals surface area contributed by atoms with Crippen LogP contribution in [0.1, 0.15) is 21.6 Å². The van der Waals surface area contributed by atoms with Gasteiger partial charge in [0.25, 0.3) is 5.91 Å². The summed E-state index contributed by atoms with van der Waals surface area (Å²) in [5.74, 6) is 4.57. The highest BCUT2D eigenvalue weighted by molar-refractivity contribution is 5.91. The van der Waals surface area contributed by atoms with Gasteiger partial charge in [0.2, 0.25) is 0 Å². The van der Waals surface area contributed by atoms with Gasteiger partial charge in [0.05, 0.1) is 11.9 Å². The Morgan fingerprint density at radius 3 is 2.53 bits per heavy atom. The average Bonchev–Trinajstić information content (AvgIpc) is 2.76. The lowest BCUT2D eigenvalue weighted by atomic mass is 10.1. The lowest BCUT2D eigenvalue weighted by Crippen LogP contribution is -2.30. The Labute approximate surface area is 98.4 Å². The van der Waals surface area contributed by atoms with Crippen molar-refractivity contribution in [2.45, 2.75) is 13.8 Å². The van der Waals surface area contributed by atoms with E-state index in [1.165, 1.54) is 6.20 Å². The molecule has 0 aliphatic heterocycles. The average molecular weight is 231 g/mol. The number of carbonyl (C=O) groups is 1. The fraction of sp³-hybridized carbons (Fsp3) is 0.182. The number of amides is 1. The van der Waals surface area contributed by atoms with Crippen molar-refractivity contribution in [1.82, 2.24) is 20.4 Å². The fourth-order valence-electron chi connectivity index (χ4n) is 1.65. The van der Waals surface area contributed by atoms with Gasteiger partial charge < -0.3 is 0 Å². The molecule has 0 unspecified atom stereocenters. The summed E-state index contributed by atoms with van der Waals surface area (Å²) < 4.78 is 1.55. The first-order valence-corrected chi connectivity index (χ1v) is 5.12. The maximum absolute atomic E-state index is 11.2. The summed E-state index contributed by atoms with van der Waals surface area (Å²) in [7, 11) is 0. The Hall–Kier alpha value is -2.21. The zero-order chi connectivity index (χ0) is 12.4. The van der Waals surface area contributed by atoms with Crippen molar-refractivity contribution in [3.8, 4) is 5.69 Å². The number of nitrogen functional groups attached to an aromatic ring is 1. The largest absolute Gasteiger partial charge is 0.289 e. The van der Waals surface area contributed by atoms with Crippen LogP contribution >= 0.6 is 0 Å². The topological polar surface area (TPSA) is 85.8 Å². The van der Waals surface area contributed by atoms with Gasteiger partial charge in [-0.05, 0) is 37.1 Å². The molecule has 0 saturated heterocycles. The number of nitrogens with two attached hydrogens (primary N) is 1. The smallest absolute Gasteiger partial charge is 0.287 e. The Kier molecular flexibility index (Phi) is 2.88. The standard InChI is InChI=1S/C11H13N5O/c1-7-3-8(2)5-9(4-7)16-6-10(14-15-16)11(17)13-12/h3-6H,12H2,1-2H3,(H,13,17). The van der Waals surface area contributed by atoms with Crippen molar-refractivity contribution < 1.29 is 4.79 Å². The number of hydrogen-bond acceptors (Lipinski definition) is 4. The van der Waals surface area contributed by atoms with Gasteiger partial charge in [-0.2, -0.15) is 0 Å². The van der Waals surface area contributed by atoms with Gasteiger partial charge in [-0.25, -0.2) is 10.5 Å². The van der Waals surface area contributed by atoms with Crippen molar-refractivity contribution in [2.24, 2.45) is 5.84 Å². The fourth-order valence-corrected chi connectivity index (χ4v) is 1.65. The van der Waals surface area contributed by atoms with E-state index in [0.717, 1.165) is 16.8 Å². The number of nitrogens with one attached hydrogen (secondary N) is 1. The molecule has 1 aromatic carbocycles. The molecule has 1 heterocycles. The molecule has 0 saturated carbocycles. The number of carbonyl (C=O) groups excluding carboxylic acids is 1. The van der Waals surface area contributed by atoms with Gasteiger partial charge in [-0.3, -0.25) is 10.2 Å². The van der Waals surface area contributed by atoms with E-state index in [1.54, 1.807) is 4.68 Å². The third-order valence-corrected chi connectivity index (χ3v) is 2.33. The third-order valence-electron chi connectivity index (χ3n) is 2.33. The van der Waals surface area contributed by atoms with E-state index in [0.29, 0.717) is 0 Å². The molecule has 1 amide bonds. The summed E-state index contributed by atoms with van der Waals surface area (Å²) in [6.07, 6.45) is 1.54. The summed E-state index contributed by atoms with van der Waals surface area (Å²) in [5, 5.41) is 7.63. The molecule has 1 aromatic heterocycles. The molecular formula is C11H13N5O. The minimum Gasteiger partial charge on any atom is -0.289 e. The molecule has 3 N–H and O–H groups in total. The number of nitrogens with zero attached hydrogens (tertiary/aromatic N) is 3. The maximum Gasteiger partial charge on any atom is 0.287 e. The van der Waals surface area contributed by atoms with Crippen LogP contribution in [0.2, 0.25) is 0 Å². The van der Waals surface area contributed by atoms with E-state index < -0.39 is 5.91 Å². The molecule has 17 heavy (non-hydrogen) atoms. The van der Waals surface area contributed by atoms with Crippen LogP contribution in [-0.4, -0.2) is 20.9 Å². The van der Waals surface area contributed by atoms with Gasteiger partial charge in [-0.15, -0.1) is 5.10 Å². The van der Waals surface area contributed by atoms with Crippen molar-refractivity contribution in [3.05, 3.63) is 41.2 Å². The number of hydrazine groups is 1. The van der Waals surface area contributed by atoms with Crippen LogP contribution in [0, 0.1) is 13.8 Å². The summed E-state index contributed by atoms with van der Waals surface area (Å²) in [6, 6.07) is 5.99. The first kappa shape index (κ1) is 11.3. The van der Waals surface area contributed by atoms with Gasteiger partial charge >= 0.3 is 0 Å². The van der Waals surface area contributed by atoms with Crippen LogP contribution in [0.15, 0.2) is 24.4 Å². The highest BCUT2D eigenvalue weighted by Crippen LogP contribution is 2.12. The quantitative estimate of drug-likeness (QED) is 0.447. The molecule has 88 valence electrons. The molecule has 6 heteroatoms. The second-order valence-corrected chi connectivity index (χ2v) is 3.87. The Morgan fingerprint density at radius 2 is 1.94 bits per heavy atom. The molecule has 2 rings (SSSR count). The molecule has 0 atom stereocenters. The van der Waals surface area contributed by atoms with E-state index in [4.69, 9.17) is 5.84 Å². The zero-order valence-corrected chi connectivity index (χ0v) is 9.64. The summed E-state index contributed by atoms with van der Waals surface area (Å²) in [6.45, 7) is 4.00. The molecule has 0 spiro atoms. The molecule has 6 nitrogen and oxygen atoms in total. The zero-order valence-electron chi connectivity index (χ0n) is 9.64. The van der Waals surface area contributed by atoms with E-state index in [-0.39, 0.29) is 5.69 Å². The summed E-state index contributed by atoms with van der Waals surface area (Å²) in [5.41, 5.74) is 5.32. The lowest BCUT2D eigenvalue weighted by Gasteiger charge is -2.03. The molecule has 0 aliphatic carbocycles. The van der Waals surface area contributed by atoms with E-state index >= 15 is 0 Å². The van der Waals surface area contributed by atoms with Crippen molar-refractivity contribution in [2.75, 3.05) is 0 Å². The van der Waals surface area contributed by atoms with Gasteiger partial charge in [-0.1, -0.05) is 11.3 Å². The van der Waals surface area contributed by atoms with E-state index in [1.807, 2.05) is 31.4 Å². The van der Waals surface area contributed by atoms with Gasteiger partial charge in [0, 0.05) is 0 Å². The van der Waals surface area contributed by atoms with E-state index in [9.17, 15) is 4.79 Å². The molecule has 2 aromatic rings. The Balaban J connectivity index is 2.40. The molecule has 0 fully saturated rings. The Morgan fingerprint density at radius 1 is 1.29 bits per heavy atom. The summed E-state index contributed by atoms with van der Waals surface area (Å²) in [4.78, 5) is 11.2. The first-order chi connectivity index (χ1) is 8.10. The predicted molar refractivity (Wildman–Crippen MR) is 62.5 cm³/mol. The van der Waals surface area contributed by atoms with Crippen LogP contribution in [0.3, 0.4) is 0 Å². The highest BCUT2D eigenvalue weighted by Gasteiger charge is 2.09. The van der Waals surface area contributed by atoms with Gasteiger partial charge in [0.15, 0.2) is 5.69 Å². The highest BCUT2D eigenvalue weighted by atomic mass is 16.2. The first-order valence-electron chi connectivity index (χ1n) is 5.12. The van der Waals surface area contributed by atoms with E-state index in [2.05, 4.69) is 16.4 Å². The number of hydrogen-bond donors (Lipinski definition) is 2. The SMILES string of the molecule is Cc1cc(C)cc(-n2cc(C(=O)NN)nn2)c1. The molecule has 0 aliphatic rings. The molecule has 0 bridgehead atoms. The minimum absolute atomic E-state index is 0.187. The van der Waals surface area contributed by atoms with Crippen LogP contribution in [0.4, 0.5) is 0 Å². The van der Waals surface area contributed by atoms with Crippen LogP contribution in [0.25, 0.3) is 5.69 Å². The predicted octanol–water partition coefficient (Wildman–Crippen LogP) is 0.488. The summed E-state index contributed by atoms with van der Waals surface area (Å²) >= 11 is 0. The number of rotatable bonds is 2. The normalized spacial score (nSPS) is 10.3.